The van der Waals surface area contributed by atoms with Gasteiger partial charge in [0.15, 0.2) is 0 Å². The van der Waals surface area contributed by atoms with Crippen molar-refractivity contribution in [3.63, 3.8) is 0 Å². The van der Waals surface area contributed by atoms with Gasteiger partial charge in [-0.3, -0.25) is 5.32 Å². The molecule has 0 bridgehead atoms. The fraction of sp³-hybridized carbons (Fsp3) is 0.769. The van der Waals surface area contributed by atoms with Crippen LogP contribution >= 0.6 is 11.3 Å². The number of aromatic nitrogens is 2. The molecule has 1 aromatic rings. The minimum atomic E-state index is -0.522. The zero-order valence-electron chi connectivity index (χ0n) is 12.5. The lowest BCUT2D eigenvalue weighted by atomic mass is 10.1. The summed E-state index contributed by atoms with van der Waals surface area (Å²) in [5, 5.41) is 24.3. The molecular formula is C13H24N4O2S. The summed E-state index contributed by atoms with van der Waals surface area (Å²) in [5.74, 6) is 0.910. The molecule has 114 valence electrons. The number of hydrogen-bond acceptors (Lipinski definition) is 5. The summed E-state index contributed by atoms with van der Waals surface area (Å²) in [7, 11) is 0. The molecule has 7 heteroatoms. The van der Waals surface area contributed by atoms with E-state index < -0.39 is 6.10 Å². The smallest absolute Gasteiger partial charge is 0.321 e. The summed E-state index contributed by atoms with van der Waals surface area (Å²) < 4.78 is 0. The number of carbonyl (C=O) groups is 1. The van der Waals surface area contributed by atoms with Crippen LogP contribution in [0.15, 0.2) is 0 Å². The second kappa shape index (κ2) is 8.16. The van der Waals surface area contributed by atoms with Crippen molar-refractivity contribution >= 4 is 22.5 Å². The van der Waals surface area contributed by atoms with Crippen molar-refractivity contribution in [2.75, 3.05) is 11.9 Å². The standard InChI is InChI=1S/C13H24N4O2S/c1-8(2)5-10(18)7-14-12(19)15-13-17-16-11(20-13)6-9(3)4/h8-10,18H,5-7H2,1-4H3,(H2,14,15,17,19). The first-order valence-electron chi connectivity index (χ1n) is 6.92. The first-order valence-corrected chi connectivity index (χ1v) is 7.73. The predicted molar refractivity (Wildman–Crippen MR) is 80.9 cm³/mol. The number of nitrogens with zero attached hydrogens (tertiary/aromatic N) is 2. The van der Waals surface area contributed by atoms with Gasteiger partial charge in [0.2, 0.25) is 5.13 Å². The normalized spacial score (nSPS) is 12.8. The van der Waals surface area contributed by atoms with Crippen LogP contribution in [0.3, 0.4) is 0 Å². The van der Waals surface area contributed by atoms with E-state index in [2.05, 4.69) is 34.7 Å². The molecule has 2 amide bonds. The van der Waals surface area contributed by atoms with Crippen LogP contribution in [0.25, 0.3) is 0 Å². The Morgan fingerprint density at radius 3 is 2.55 bits per heavy atom. The van der Waals surface area contributed by atoms with Crippen LogP contribution in [0.4, 0.5) is 9.93 Å². The lowest BCUT2D eigenvalue weighted by Gasteiger charge is -2.13. The van der Waals surface area contributed by atoms with Crippen LogP contribution in [0.1, 0.15) is 39.1 Å². The van der Waals surface area contributed by atoms with E-state index in [0.29, 0.717) is 23.4 Å². The summed E-state index contributed by atoms with van der Waals surface area (Å²) in [5.41, 5.74) is 0. The zero-order valence-corrected chi connectivity index (χ0v) is 13.3. The molecule has 0 saturated heterocycles. The molecule has 1 heterocycles. The van der Waals surface area contributed by atoms with Crippen molar-refractivity contribution in [1.29, 1.82) is 0 Å². The SMILES string of the molecule is CC(C)Cc1nnc(NC(=O)NCC(O)CC(C)C)s1. The molecule has 0 aliphatic heterocycles. The third-order valence-corrected chi connectivity index (χ3v) is 3.37. The Labute approximate surface area is 124 Å². The minimum absolute atomic E-state index is 0.238. The van der Waals surface area contributed by atoms with E-state index in [1.807, 2.05) is 13.8 Å². The Morgan fingerprint density at radius 1 is 1.25 bits per heavy atom. The highest BCUT2D eigenvalue weighted by Gasteiger charge is 2.11. The van der Waals surface area contributed by atoms with Crippen molar-refractivity contribution in [3.8, 4) is 0 Å². The number of hydrogen-bond donors (Lipinski definition) is 3. The fourth-order valence-corrected chi connectivity index (χ4v) is 2.66. The van der Waals surface area contributed by atoms with Crippen LogP contribution in [0.2, 0.25) is 0 Å². The molecule has 1 unspecified atom stereocenters. The van der Waals surface area contributed by atoms with E-state index in [-0.39, 0.29) is 12.6 Å². The zero-order chi connectivity index (χ0) is 15.1. The quantitative estimate of drug-likeness (QED) is 0.721. The van der Waals surface area contributed by atoms with E-state index in [0.717, 1.165) is 11.4 Å². The summed E-state index contributed by atoms with van der Waals surface area (Å²) in [6, 6.07) is -0.361. The molecule has 20 heavy (non-hydrogen) atoms. The molecular weight excluding hydrogens is 276 g/mol. The highest BCUT2D eigenvalue weighted by molar-refractivity contribution is 7.15. The van der Waals surface area contributed by atoms with Crippen LogP contribution in [0.5, 0.6) is 0 Å². The van der Waals surface area contributed by atoms with Crippen LogP contribution in [0, 0.1) is 11.8 Å². The third-order valence-electron chi connectivity index (χ3n) is 2.51. The van der Waals surface area contributed by atoms with Crippen molar-refractivity contribution in [2.24, 2.45) is 11.8 Å². The van der Waals surface area contributed by atoms with Crippen molar-refractivity contribution < 1.29 is 9.90 Å². The second-order valence-corrected chi connectivity index (χ2v) is 6.78. The molecule has 3 N–H and O–H groups in total. The molecule has 0 spiro atoms. The summed E-state index contributed by atoms with van der Waals surface area (Å²) in [6.07, 6.45) is 0.998. The number of aliphatic hydroxyl groups is 1. The Kier molecular flexibility index (Phi) is 6.87. The van der Waals surface area contributed by atoms with E-state index in [4.69, 9.17) is 0 Å². The maximum absolute atomic E-state index is 11.6. The van der Waals surface area contributed by atoms with Crippen LogP contribution in [-0.4, -0.2) is 34.0 Å². The first kappa shape index (κ1) is 16.8. The minimum Gasteiger partial charge on any atom is -0.391 e. The first-order chi connectivity index (χ1) is 9.36. The van der Waals surface area contributed by atoms with Crippen molar-refractivity contribution in [1.82, 2.24) is 15.5 Å². The summed E-state index contributed by atoms with van der Waals surface area (Å²) in [4.78, 5) is 11.6. The van der Waals surface area contributed by atoms with E-state index in [1.54, 1.807) is 0 Å². The van der Waals surface area contributed by atoms with Crippen molar-refractivity contribution in [3.05, 3.63) is 5.01 Å². The molecule has 0 radical (unpaired) electrons. The Morgan fingerprint density at radius 2 is 1.95 bits per heavy atom. The van der Waals surface area contributed by atoms with E-state index in [1.165, 1.54) is 11.3 Å². The van der Waals surface area contributed by atoms with Crippen LogP contribution < -0.4 is 10.6 Å². The second-order valence-electron chi connectivity index (χ2n) is 5.72. The predicted octanol–water partition coefficient (Wildman–Crippen LogP) is 2.27. The molecule has 0 fully saturated rings. The molecule has 0 aliphatic rings. The van der Waals surface area contributed by atoms with Gasteiger partial charge in [-0.2, -0.15) is 0 Å². The van der Waals surface area contributed by atoms with Crippen LogP contribution in [-0.2, 0) is 6.42 Å². The number of carbonyl (C=O) groups excluding carboxylic acids is 1. The largest absolute Gasteiger partial charge is 0.391 e. The Hall–Kier alpha value is -1.21. The lowest BCUT2D eigenvalue weighted by molar-refractivity contribution is 0.148. The highest BCUT2D eigenvalue weighted by Crippen LogP contribution is 2.17. The van der Waals surface area contributed by atoms with Gasteiger partial charge in [0.05, 0.1) is 6.10 Å². The average molecular weight is 300 g/mol. The molecule has 1 atom stereocenters. The topological polar surface area (TPSA) is 87.1 Å². The van der Waals surface area contributed by atoms with E-state index in [9.17, 15) is 9.90 Å². The number of rotatable bonds is 7. The number of urea groups is 1. The Balaban J connectivity index is 2.33. The average Bonchev–Trinajstić information content (AvgIpc) is 2.72. The molecule has 0 aromatic carbocycles. The third kappa shape index (κ3) is 6.81. The van der Waals surface area contributed by atoms with Gasteiger partial charge in [0.1, 0.15) is 5.01 Å². The Bertz CT molecular complexity index is 420. The van der Waals surface area contributed by atoms with Gasteiger partial charge in [-0.1, -0.05) is 39.0 Å². The number of anilines is 1. The fourth-order valence-electron chi connectivity index (χ4n) is 1.72. The van der Waals surface area contributed by atoms with E-state index >= 15 is 0 Å². The molecule has 1 rings (SSSR count). The monoisotopic (exact) mass is 300 g/mol. The summed E-state index contributed by atoms with van der Waals surface area (Å²) >= 11 is 1.38. The molecule has 0 saturated carbocycles. The lowest BCUT2D eigenvalue weighted by Crippen LogP contribution is -2.35. The molecule has 0 aliphatic carbocycles. The van der Waals surface area contributed by atoms with Gasteiger partial charge in [-0.05, 0) is 18.3 Å². The number of aliphatic hydroxyl groups excluding tert-OH is 1. The number of nitrogens with one attached hydrogen (secondary N) is 2. The van der Waals surface area contributed by atoms with Gasteiger partial charge in [-0.15, -0.1) is 10.2 Å². The van der Waals surface area contributed by atoms with Crippen molar-refractivity contribution in [2.45, 2.75) is 46.6 Å². The summed E-state index contributed by atoms with van der Waals surface area (Å²) in [6.45, 7) is 8.51. The maximum atomic E-state index is 11.6. The molecule has 1 aromatic heterocycles. The highest BCUT2D eigenvalue weighted by atomic mass is 32.1. The van der Waals surface area contributed by atoms with Gasteiger partial charge in [0.25, 0.3) is 0 Å². The van der Waals surface area contributed by atoms with Gasteiger partial charge >= 0.3 is 6.03 Å². The molecule has 6 nitrogen and oxygen atoms in total. The number of amides is 2. The van der Waals surface area contributed by atoms with Gasteiger partial charge < -0.3 is 10.4 Å². The maximum Gasteiger partial charge on any atom is 0.321 e. The van der Waals surface area contributed by atoms with Gasteiger partial charge in [-0.25, -0.2) is 4.79 Å². The van der Waals surface area contributed by atoms with Gasteiger partial charge in [0, 0.05) is 13.0 Å².